The Morgan fingerprint density at radius 1 is 0.831 bits per heavy atom. The van der Waals surface area contributed by atoms with E-state index in [0.29, 0.717) is 56.9 Å². The molecule has 0 aromatic carbocycles. The van der Waals surface area contributed by atoms with Crippen LogP contribution in [0.1, 0.15) is 126 Å². The van der Waals surface area contributed by atoms with Crippen molar-refractivity contribution in [2.45, 2.75) is 180 Å². The van der Waals surface area contributed by atoms with Crippen molar-refractivity contribution < 1.29 is 63.0 Å². The summed E-state index contributed by atoms with van der Waals surface area (Å²) < 4.78 is 29.5. The molecule has 3 fully saturated rings. The first kappa shape index (κ1) is 54.2. The predicted molar refractivity (Wildman–Crippen MR) is 245 cm³/mol. The third-order valence-corrected chi connectivity index (χ3v) is 14.4. The number of methoxy groups -OCH3 is 3. The number of amides is 1. The van der Waals surface area contributed by atoms with E-state index in [1.54, 1.807) is 41.1 Å². The molecule has 3 N–H and O–H groups in total. The van der Waals surface area contributed by atoms with Gasteiger partial charge in [-0.2, -0.15) is 0 Å². The van der Waals surface area contributed by atoms with Gasteiger partial charge in [-0.25, -0.2) is 4.79 Å². The molecule has 7 unspecified atom stereocenters. The number of rotatable bonds is 6. The lowest BCUT2D eigenvalue weighted by Gasteiger charge is -2.40. The van der Waals surface area contributed by atoms with E-state index >= 15 is 0 Å². The van der Waals surface area contributed by atoms with Crippen LogP contribution in [-0.4, -0.2) is 132 Å². The van der Waals surface area contributed by atoms with E-state index < -0.39 is 83.9 Å². The zero-order valence-electron chi connectivity index (χ0n) is 40.6. The van der Waals surface area contributed by atoms with Crippen LogP contribution in [0.25, 0.3) is 0 Å². The predicted octanol–water partition coefficient (Wildman–Crippen LogP) is 6.18. The number of ether oxygens (including phenoxy) is 5. The van der Waals surface area contributed by atoms with Gasteiger partial charge in [0.25, 0.3) is 5.91 Å². The van der Waals surface area contributed by atoms with E-state index in [9.17, 15) is 39.3 Å². The fourth-order valence-corrected chi connectivity index (χ4v) is 10.1. The SMILES string of the molecule is CO[C@H]1C[C@@H]2CCC(C)C(=O)C(O)(O2)C(=O)N2CCCCC2C(=O)O[C@H]([C@H](C)C[C@@H]2CCC(O)[C@H](OC)C2)CC(=O)C(C)/C=C(\C)C(O)[C@@H](OC)C(=O)C(C)C[C@H](C)/C=C/C=C/C=C/1C. The largest absolute Gasteiger partial charge is 0.460 e. The van der Waals surface area contributed by atoms with Gasteiger partial charge in [-0.1, -0.05) is 71.1 Å². The molecule has 4 aliphatic rings. The van der Waals surface area contributed by atoms with Gasteiger partial charge in [0.1, 0.15) is 30.1 Å². The first-order valence-electron chi connectivity index (χ1n) is 23.9. The summed E-state index contributed by atoms with van der Waals surface area (Å²) in [6, 6.07) is -1.16. The Bertz CT molecular complexity index is 1760. The van der Waals surface area contributed by atoms with Gasteiger partial charge in [0, 0.05) is 58.5 Å². The van der Waals surface area contributed by atoms with Crippen LogP contribution in [0.2, 0.25) is 0 Å². The van der Waals surface area contributed by atoms with Gasteiger partial charge in [0.15, 0.2) is 5.78 Å². The van der Waals surface area contributed by atoms with Crippen LogP contribution in [0.3, 0.4) is 0 Å². The van der Waals surface area contributed by atoms with Crippen LogP contribution in [0.15, 0.2) is 47.6 Å². The quantitative estimate of drug-likeness (QED) is 0.156. The number of carbonyl (C=O) groups is 5. The Hall–Kier alpha value is -3.37. The third kappa shape index (κ3) is 14.3. The molecule has 0 spiro atoms. The van der Waals surface area contributed by atoms with E-state index in [-0.39, 0.29) is 61.2 Å². The molecular formula is C51H79NO13. The summed E-state index contributed by atoms with van der Waals surface area (Å²) in [7, 11) is 4.51. The summed E-state index contributed by atoms with van der Waals surface area (Å²) in [6.45, 7) is 12.7. The van der Waals surface area contributed by atoms with Crippen molar-refractivity contribution in [3.63, 3.8) is 0 Å². The number of fused-ring (bicyclic) bond motifs is 3. The van der Waals surface area contributed by atoms with Crippen molar-refractivity contribution >= 4 is 29.2 Å². The molecule has 0 radical (unpaired) electrons. The van der Waals surface area contributed by atoms with Crippen LogP contribution in [0.4, 0.5) is 0 Å². The van der Waals surface area contributed by atoms with E-state index in [2.05, 4.69) is 0 Å². The van der Waals surface area contributed by atoms with Crippen LogP contribution >= 0.6 is 0 Å². The van der Waals surface area contributed by atoms with Gasteiger partial charge in [-0.05, 0) is 107 Å². The van der Waals surface area contributed by atoms with Crippen LogP contribution in [-0.2, 0) is 47.7 Å². The van der Waals surface area contributed by atoms with Crippen LogP contribution in [0.5, 0.6) is 0 Å². The first-order valence-corrected chi connectivity index (χ1v) is 23.9. The molecule has 65 heavy (non-hydrogen) atoms. The number of ketones is 3. The highest BCUT2D eigenvalue weighted by atomic mass is 16.6. The molecule has 15 atom stereocenters. The second kappa shape index (κ2) is 25.1. The maximum absolute atomic E-state index is 14.6. The number of aliphatic hydroxyl groups excluding tert-OH is 2. The minimum Gasteiger partial charge on any atom is -0.460 e. The lowest BCUT2D eigenvalue weighted by molar-refractivity contribution is -0.231. The Balaban J connectivity index is 1.74. The lowest BCUT2D eigenvalue weighted by atomic mass is 9.78. The molecule has 2 bridgehead atoms. The first-order chi connectivity index (χ1) is 30.7. The molecule has 14 heteroatoms. The fraction of sp³-hybridized carbons (Fsp3) is 0.745. The summed E-state index contributed by atoms with van der Waals surface area (Å²) in [6.07, 6.45) is 10.7. The number of esters is 1. The summed E-state index contributed by atoms with van der Waals surface area (Å²) in [5.41, 5.74) is 1.24. The molecule has 366 valence electrons. The summed E-state index contributed by atoms with van der Waals surface area (Å²) in [5.74, 6) is -8.01. The van der Waals surface area contributed by atoms with E-state index in [1.165, 1.54) is 12.0 Å². The number of cyclic esters (lactones) is 1. The molecule has 3 aliphatic heterocycles. The summed E-state index contributed by atoms with van der Waals surface area (Å²) in [4.78, 5) is 72.1. The molecule has 4 rings (SSSR count). The van der Waals surface area contributed by atoms with Gasteiger partial charge in [0.2, 0.25) is 5.78 Å². The fourth-order valence-electron chi connectivity index (χ4n) is 10.1. The van der Waals surface area contributed by atoms with Crippen molar-refractivity contribution in [3.8, 4) is 0 Å². The third-order valence-electron chi connectivity index (χ3n) is 14.4. The number of hydrogen-bond acceptors (Lipinski definition) is 13. The minimum absolute atomic E-state index is 0.0147. The van der Waals surface area contributed by atoms with Crippen molar-refractivity contribution in [3.05, 3.63) is 47.6 Å². The molecule has 1 saturated carbocycles. The van der Waals surface area contributed by atoms with Crippen molar-refractivity contribution in [2.75, 3.05) is 27.9 Å². The Labute approximate surface area is 387 Å². The van der Waals surface area contributed by atoms with E-state index in [4.69, 9.17) is 23.7 Å². The monoisotopic (exact) mass is 914 g/mol. The molecule has 3 heterocycles. The van der Waals surface area contributed by atoms with Gasteiger partial charge < -0.3 is 43.9 Å². The van der Waals surface area contributed by atoms with Crippen molar-refractivity contribution in [1.82, 2.24) is 4.90 Å². The second-order valence-corrected chi connectivity index (χ2v) is 19.6. The molecule has 1 amide bonds. The second-order valence-electron chi connectivity index (χ2n) is 19.6. The van der Waals surface area contributed by atoms with Crippen LogP contribution in [0, 0.1) is 35.5 Å². The number of aliphatic hydroxyl groups is 3. The topological polar surface area (TPSA) is 195 Å². The molecule has 2 saturated heterocycles. The number of nitrogens with zero attached hydrogens (tertiary/aromatic N) is 1. The number of hydrogen-bond donors (Lipinski definition) is 3. The maximum atomic E-state index is 14.6. The van der Waals surface area contributed by atoms with Crippen LogP contribution < -0.4 is 0 Å². The highest BCUT2D eigenvalue weighted by Crippen LogP contribution is 2.36. The molecular weight excluding hydrogens is 835 g/mol. The zero-order chi connectivity index (χ0) is 48.2. The van der Waals surface area contributed by atoms with E-state index in [1.807, 2.05) is 58.1 Å². The smallest absolute Gasteiger partial charge is 0.329 e. The highest BCUT2D eigenvalue weighted by molar-refractivity contribution is 6.09. The Morgan fingerprint density at radius 2 is 1.55 bits per heavy atom. The van der Waals surface area contributed by atoms with Gasteiger partial charge in [0.05, 0.1) is 24.4 Å². The molecule has 0 aromatic rings. The average Bonchev–Trinajstić information content (AvgIpc) is 3.39. The Kier molecular flexibility index (Phi) is 21.0. The average molecular weight is 914 g/mol. The number of carbonyl (C=O) groups excluding carboxylic acids is 5. The van der Waals surface area contributed by atoms with Crippen molar-refractivity contribution in [1.29, 1.82) is 0 Å². The molecule has 1 aliphatic carbocycles. The minimum atomic E-state index is -2.85. The summed E-state index contributed by atoms with van der Waals surface area (Å²) in [5, 5.41) is 34.1. The Morgan fingerprint density at radius 3 is 2.23 bits per heavy atom. The highest BCUT2D eigenvalue weighted by Gasteiger charge is 2.55. The summed E-state index contributed by atoms with van der Waals surface area (Å²) >= 11 is 0. The number of piperidine rings is 1. The van der Waals surface area contributed by atoms with E-state index in [0.717, 1.165) is 12.0 Å². The normalized spacial score (nSPS) is 40.4. The lowest BCUT2D eigenvalue weighted by Crippen LogP contribution is -2.62. The molecule has 0 aromatic heterocycles. The molecule has 14 nitrogen and oxygen atoms in total. The van der Waals surface area contributed by atoms with Gasteiger partial charge in [-0.3, -0.25) is 19.2 Å². The van der Waals surface area contributed by atoms with Gasteiger partial charge in [-0.15, -0.1) is 0 Å². The van der Waals surface area contributed by atoms with Gasteiger partial charge >= 0.3 is 11.8 Å². The van der Waals surface area contributed by atoms with Crippen molar-refractivity contribution in [2.24, 2.45) is 35.5 Å². The number of Topliss-reactive ketones (excluding diaryl/α,β-unsaturated/α-hetero) is 3. The number of allylic oxidation sites excluding steroid dienone is 6. The zero-order valence-corrected chi connectivity index (χ0v) is 40.6. The maximum Gasteiger partial charge on any atom is 0.329 e. The standard InChI is InChI=1S/C51H79NO13/c1-30-16-12-11-13-17-31(2)42(61-8)28-38-21-19-32(3)48(57)51(60,65-38)50(59)52-23-15-14-18-39(52)49(58)64-43(34(5)26-37-20-22-40(53)44(27-37)62-9)29-41(54)33(4)25-36(7)46(56)47(63-10)45(55)35(6)24-30/h11-13,16-17,25,30,32-35,37-40,42-44,46-47,53,56,60H,14-15,18-24,26-29H2,1-10H3/b13-11+,16-12+,31-17+,36-25+/t30-,32?,33?,34-,35?,37+,38+,39?,40?,42+,43+,44-,46?,47+,51?/m1/s1.